The van der Waals surface area contributed by atoms with Gasteiger partial charge in [-0.05, 0) is 30.2 Å². The number of hydrogen-bond acceptors (Lipinski definition) is 1. The molecule has 0 aliphatic carbocycles. The quantitative estimate of drug-likeness (QED) is 0.758. The van der Waals surface area contributed by atoms with Crippen molar-refractivity contribution in [3.63, 3.8) is 0 Å². The van der Waals surface area contributed by atoms with E-state index in [-0.39, 0.29) is 18.1 Å². The zero-order valence-electron chi connectivity index (χ0n) is 14.4. The third-order valence-electron chi connectivity index (χ3n) is 4.08. The van der Waals surface area contributed by atoms with E-state index >= 15 is 0 Å². The second kappa shape index (κ2) is 8.90. The Bertz CT molecular complexity index is 809. The van der Waals surface area contributed by atoms with Crippen LogP contribution in [0.25, 0.3) is 0 Å². The molecule has 1 aliphatic heterocycles. The molecule has 4 nitrogen and oxygen atoms in total. The van der Waals surface area contributed by atoms with Crippen molar-refractivity contribution in [2.45, 2.75) is 25.6 Å². The van der Waals surface area contributed by atoms with E-state index < -0.39 is 17.8 Å². The molecule has 0 spiro atoms. The van der Waals surface area contributed by atoms with Gasteiger partial charge in [-0.25, -0.2) is 4.79 Å². The van der Waals surface area contributed by atoms with E-state index in [1.807, 2.05) is 35.2 Å². The smallest absolute Gasteiger partial charge is 0.356 e. The lowest BCUT2D eigenvalue weighted by Gasteiger charge is -2.18. The number of amidine groups is 1. The summed E-state index contributed by atoms with van der Waals surface area (Å²) in [5.41, 5.74) is 0.372. The fourth-order valence-corrected chi connectivity index (χ4v) is 2.86. The monoisotopic (exact) mass is 397 g/mol. The number of benzene rings is 2. The Balaban J connectivity index is 0.00000261. The maximum atomic E-state index is 12.7. The molecule has 144 valence electrons. The number of nitrogens with one attached hydrogen (secondary N) is 1. The van der Waals surface area contributed by atoms with Crippen molar-refractivity contribution >= 4 is 30.0 Å². The lowest BCUT2D eigenvalue weighted by atomic mass is 10.2. The van der Waals surface area contributed by atoms with Crippen LogP contribution in [0.4, 0.5) is 23.7 Å². The van der Waals surface area contributed by atoms with Gasteiger partial charge in [0.2, 0.25) is 0 Å². The van der Waals surface area contributed by atoms with Gasteiger partial charge in [0.05, 0.1) is 5.56 Å². The van der Waals surface area contributed by atoms with Gasteiger partial charge in [0.25, 0.3) is 0 Å². The van der Waals surface area contributed by atoms with E-state index in [1.165, 1.54) is 12.1 Å². The average molecular weight is 398 g/mol. The molecule has 27 heavy (non-hydrogen) atoms. The lowest BCUT2D eigenvalue weighted by molar-refractivity contribution is -0.137. The molecule has 3 rings (SSSR count). The molecule has 8 heteroatoms. The van der Waals surface area contributed by atoms with Crippen LogP contribution in [0.2, 0.25) is 0 Å². The zero-order chi connectivity index (χ0) is 18.6. The minimum absolute atomic E-state index is 0. The van der Waals surface area contributed by atoms with Crippen LogP contribution in [0.15, 0.2) is 59.6 Å². The second-order valence-electron chi connectivity index (χ2n) is 6.05. The van der Waals surface area contributed by atoms with Gasteiger partial charge in [-0.1, -0.05) is 36.4 Å². The first-order chi connectivity index (χ1) is 12.4. The summed E-state index contributed by atoms with van der Waals surface area (Å²) in [6.45, 7) is 1.45. The predicted molar refractivity (Wildman–Crippen MR) is 101 cm³/mol. The number of aliphatic imine (C=N–C) groups is 1. The van der Waals surface area contributed by atoms with Crippen molar-refractivity contribution in [1.82, 2.24) is 4.90 Å². The standard InChI is InChI=1S/C19H18F3N3O.ClH/c20-19(21,22)15-8-4-9-16(12-15)23-18(26)24-17-10-5-11-25(17)13-14-6-2-1-3-7-14;/h1-4,6-9,12H,5,10-11,13H2,(H,23,26);1H/b24-17-;. The largest absolute Gasteiger partial charge is 0.416 e. The summed E-state index contributed by atoms with van der Waals surface area (Å²) in [7, 11) is 0. The third-order valence-corrected chi connectivity index (χ3v) is 4.08. The summed E-state index contributed by atoms with van der Waals surface area (Å²) < 4.78 is 38.2. The maximum Gasteiger partial charge on any atom is 0.416 e. The number of amides is 2. The number of likely N-dealkylation sites (tertiary alicyclic amines) is 1. The molecule has 1 heterocycles. The highest BCUT2D eigenvalue weighted by molar-refractivity contribution is 6.00. The highest BCUT2D eigenvalue weighted by atomic mass is 35.5. The highest BCUT2D eigenvalue weighted by Gasteiger charge is 2.30. The Labute approximate surface area is 161 Å². The molecular weight excluding hydrogens is 379 g/mol. The molecule has 1 fully saturated rings. The number of hydrogen-bond donors (Lipinski definition) is 1. The molecule has 2 aromatic rings. The number of carbonyl (C=O) groups excluding carboxylic acids is 1. The molecule has 1 saturated heterocycles. The van der Waals surface area contributed by atoms with E-state index in [4.69, 9.17) is 0 Å². The van der Waals surface area contributed by atoms with Crippen molar-refractivity contribution in [1.29, 1.82) is 0 Å². The Morgan fingerprint density at radius 2 is 1.85 bits per heavy atom. The van der Waals surface area contributed by atoms with Crippen LogP contribution in [0, 0.1) is 0 Å². The summed E-state index contributed by atoms with van der Waals surface area (Å²) in [5, 5.41) is 2.41. The van der Waals surface area contributed by atoms with Gasteiger partial charge in [0, 0.05) is 25.2 Å². The molecule has 2 amide bonds. The number of rotatable bonds is 3. The van der Waals surface area contributed by atoms with Crippen molar-refractivity contribution in [3.8, 4) is 0 Å². The van der Waals surface area contributed by atoms with Crippen molar-refractivity contribution in [2.75, 3.05) is 11.9 Å². The van der Waals surface area contributed by atoms with Gasteiger partial charge in [0.15, 0.2) is 0 Å². The first kappa shape index (κ1) is 20.8. The van der Waals surface area contributed by atoms with Crippen LogP contribution in [0.3, 0.4) is 0 Å². The van der Waals surface area contributed by atoms with Gasteiger partial charge in [0.1, 0.15) is 5.84 Å². The normalized spacial score (nSPS) is 15.5. The van der Waals surface area contributed by atoms with Crippen molar-refractivity contribution < 1.29 is 18.0 Å². The summed E-state index contributed by atoms with van der Waals surface area (Å²) in [5.74, 6) is 0.651. The zero-order valence-corrected chi connectivity index (χ0v) is 15.2. The Morgan fingerprint density at radius 3 is 2.56 bits per heavy atom. The van der Waals surface area contributed by atoms with Crippen LogP contribution in [-0.4, -0.2) is 23.3 Å². The molecule has 0 bridgehead atoms. The molecule has 1 aliphatic rings. The first-order valence-corrected chi connectivity index (χ1v) is 8.26. The van der Waals surface area contributed by atoms with E-state index in [2.05, 4.69) is 10.3 Å². The van der Waals surface area contributed by atoms with Gasteiger partial charge in [-0.2, -0.15) is 18.2 Å². The van der Waals surface area contributed by atoms with E-state index in [1.54, 1.807) is 0 Å². The fraction of sp³-hybridized carbons (Fsp3) is 0.263. The van der Waals surface area contributed by atoms with Crippen LogP contribution >= 0.6 is 12.4 Å². The topological polar surface area (TPSA) is 44.7 Å². The summed E-state index contributed by atoms with van der Waals surface area (Å²) in [4.78, 5) is 18.2. The number of carbonyl (C=O) groups is 1. The predicted octanol–water partition coefficient (Wildman–Crippen LogP) is 5.35. The molecule has 0 saturated carbocycles. The van der Waals surface area contributed by atoms with Gasteiger partial charge in [-0.3, -0.25) is 0 Å². The molecular formula is C19H19ClF3N3O. The first-order valence-electron chi connectivity index (χ1n) is 8.26. The van der Waals surface area contributed by atoms with Crippen molar-refractivity contribution in [2.24, 2.45) is 4.99 Å². The van der Waals surface area contributed by atoms with Gasteiger partial charge >= 0.3 is 12.2 Å². The summed E-state index contributed by atoms with van der Waals surface area (Å²) in [6.07, 6.45) is -2.89. The average Bonchev–Trinajstić information content (AvgIpc) is 3.02. The van der Waals surface area contributed by atoms with E-state index in [9.17, 15) is 18.0 Å². The second-order valence-corrected chi connectivity index (χ2v) is 6.05. The molecule has 1 N–H and O–H groups in total. The lowest BCUT2D eigenvalue weighted by Crippen LogP contribution is -2.26. The molecule has 0 atom stereocenters. The molecule has 2 aromatic carbocycles. The van der Waals surface area contributed by atoms with E-state index in [0.29, 0.717) is 18.8 Å². The number of alkyl halides is 3. The number of halogens is 4. The van der Waals surface area contributed by atoms with Crippen LogP contribution in [0.1, 0.15) is 24.0 Å². The minimum Gasteiger partial charge on any atom is -0.356 e. The van der Waals surface area contributed by atoms with Crippen molar-refractivity contribution in [3.05, 3.63) is 65.7 Å². The summed E-state index contributed by atoms with van der Waals surface area (Å²) >= 11 is 0. The Hall–Kier alpha value is -2.54. The molecule has 0 radical (unpaired) electrons. The minimum atomic E-state index is -4.45. The number of urea groups is 1. The number of nitrogens with zero attached hydrogens (tertiary/aromatic N) is 2. The third kappa shape index (κ3) is 5.72. The summed E-state index contributed by atoms with van der Waals surface area (Å²) in [6, 6.07) is 13.7. The van der Waals surface area contributed by atoms with Crippen LogP contribution in [-0.2, 0) is 12.7 Å². The Morgan fingerprint density at radius 1 is 1.11 bits per heavy atom. The van der Waals surface area contributed by atoms with Crippen LogP contribution in [0.5, 0.6) is 0 Å². The van der Waals surface area contributed by atoms with Gasteiger partial charge in [-0.15, -0.1) is 12.4 Å². The van der Waals surface area contributed by atoms with E-state index in [0.717, 1.165) is 30.7 Å². The number of anilines is 1. The van der Waals surface area contributed by atoms with Gasteiger partial charge < -0.3 is 10.2 Å². The molecule has 0 aromatic heterocycles. The highest BCUT2D eigenvalue weighted by Crippen LogP contribution is 2.30. The SMILES string of the molecule is Cl.O=C(/N=C1/CCCN1Cc1ccccc1)Nc1cccc(C(F)(F)F)c1. The molecule has 0 unspecified atom stereocenters. The maximum absolute atomic E-state index is 12.7. The Kier molecular flexibility index (Phi) is 6.85. The fourth-order valence-electron chi connectivity index (χ4n) is 2.86. The van der Waals surface area contributed by atoms with Crippen LogP contribution < -0.4 is 5.32 Å².